The summed E-state index contributed by atoms with van der Waals surface area (Å²) in [6.07, 6.45) is 1.62. The average Bonchev–Trinajstić information content (AvgIpc) is 2.51. The summed E-state index contributed by atoms with van der Waals surface area (Å²) in [6, 6.07) is 0. The van der Waals surface area contributed by atoms with Gasteiger partial charge in [-0.05, 0) is 13.8 Å². The molecule has 0 spiro atoms. The molecule has 0 radical (unpaired) electrons. The van der Waals surface area contributed by atoms with E-state index in [-0.39, 0.29) is 6.61 Å². The lowest BCUT2D eigenvalue weighted by Gasteiger charge is -2.00. The van der Waals surface area contributed by atoms with Crippen molar-refractivity contribution in [2.75, 3.05) is 11.9 Å². The van der Waals surface area contributed by atoms with Crippen molar-refractivity contribution in [2.45, 2.75) is 13.8 Å². The quantitative estimate of drug-likeness (QED) is 0.588. The minimum Gasteiger partial charge on any atom is -0.459 e. The molecule has 14 heavy (non-hydrogen) atoms. The Morgan fingerprint density at radius 2 is 2.36 bits per heavy atom. The van der Waals surface area contributed by atoms with Crippen molar-refractivity contribution in [1.29, 1.82) is 0 Å². The number of esters is 1. The number of aromatic nitrogens is 1. The zero-order valence-electron chi connectivity index (χ0n) is 7.86. The van der Waals surface area contributed by atoms with Gasteiger partial charge in [-0.1, -0.05) is 0 Å². The fraction of sp³-hybridized carbons (Fsp3) is 0.375. The molecule has 0 aliphatic rings. The van der Waals surface area contributed by atoms with Crippen LogP contribution in [-0.4, -0.2) is 23.5 Å². The summed E-state index contributed by atoms with van der Waals surface area (Å²) in [6.45, 7) is 3.68. The molecule has 0 bridgehead atoms. The molecule has 0 aliphatic carbocycles. The Balaban J connectivity index is 2.53. The van der Waals surface area contributed by atoms with E-state index in [0.29, 0.717) is 5.13 Å². The summed E-state index contributed by atoms with van der Waals surface area (Å²) in [5.41, 5.74) is 0. The van der Waals surface area contributed by atoms with E-state index in [1.807, 2.05) is 6.92 Å². The van der Waals surface area contributed by atoms with Crippen LogP contribution in [0.2, 0.25) is 0 Å². The molecule has 0 saturated carbocycles. The molecular weight excluding hydrogens is 204 g/mol. The predicted molar refractivity (Wildman–Crippen MR) is 52.1 cm³/mol. The zero-order valence-corrected chi connectivity index (χ0v) is 8.68. The van der Waals surface area contributed by atoms with Crippen LogP contribution < -0.4 is 5.32 Å². The summed E-state index contributed by atoms with van der Waals surface area (Å²) in [4.78, 5) is 26.8. The third-order valence-electron chi connectivity index (χ3n) is 1.30. The van der Waals surface area contributed by atoms with Crippen LogP contribution in [0.1, 0.15) is 11.8 Å². The minimum absolute atomic E-state index is 0.184. The monoisotopic (exact) mass is 214 g/mol. The van der Waals surface area contributed by atoms with Gasteiger partial charge in [-0.25, -0.2) is 9.78 Å². The lowest BCUT2D eigenvalue weighted by molar-refractivity contribution is -0.152. The van der Waals surface area contributed by atoms with Crippen LogP contribution in [-0.2, 0) is 14.3 Å². The summed E-state index contributed by atoms with van der Waals surface area (Å²) >= 11 is 1.30. The number of thiazole rings is 1. The molecule has 1 aromatic heterocycles. The molecule has 76 valence electrons. The highest BCUT2D eigenvalue weighted by Crippen LogP contribution is 2.16. The SMILES string of the molecule is CCOC(=O)C(=O)Nc1ncc(C)s1. The van der Waals surface area contributed by atoms with E-state index in [0.717, 1.165) is 4.88 Å². The van der Waals surface area contributed by atoms with Gasteiger partial charge in [0.25, 0.3) is 0 Å². The van der Waals surface area contributed by atoms with Crippen LogP contribution in [0.5, 0.6) is 0 Å². The fourth-order valence-corrected chi connectivity index (χ4v) is 1.42. The second kappa shape index (κ2) is 4.71. The fourth-order valence-electron chi connectivity index (χ4n) is 0.757. The lowest BCUT2D eigenvalue weighted by Crippen LogP contribution is -2.24. The number of ether oxygens (including phenoxy) is 1. The van der Waals surface area contributed by atoms with E-state index in [9.17, 15) is 9.59 Å². The third-order valence-corrected chi connectivity index (χ3v) is 2.13. The number of aryl methyl sites for hydroxylation is 1. The molecule has 1 aromatic rings. The van der Waals surface area contributed by atoms with Crippen LogP contribution in [0, 0.1) is 6.92 Å². The summed E-state index contributed by atoms with van der Waals surface area (Å²) in [5.74, 6) is -1.68. The van der Waals surface area contributed by atoms with Gasteiger partial charge in [-0.15, -0.1) is 11.3 Å². The molecular formula is C8H10N2O3S. The van der Waals surface area contributed by atoms with Crippen molar-refractivity contribution in [3.63, 3.8) is 0 Å². The first-order valence-corrected chi connectivity index (χ1v) is 4.85. The van der Waals surface area contributed by atoms with Gasteiger partial charge in [0.05, 0.1) is 6.61 Å². The highest BCUT2D eigenvalue weighted by atomic mass is 32.1. The largest absolute Gasteiger partial charge is 0.459 e. The molecule has 1 N–H and O–H groups in total. The van der Waals surface area contributed by atoms with Crippen LogP contribution in [0.3, 0.4) is 0 Å². The summed E-state index contributed by atoms with van der Waals surface area (Å²) < 4.78 is 4.51. The summed E-state index contributed by atoms with van der Waals surface area (Å²) in [7, 11) is 0. The van der Waals surface area contributed by atoms with Crippen molar-refractivity contribution < 1.29 is 14.3 Å². The first-order chi connectivity index (χ1) is 6.63. The smallest absolute Gasteiger partial charge is 0.397 e. The van der Waals surface area contributed by atoms with Crippen molar-refractivity contribution in [3.8, 4) is 0 Å². The van der Waals surface area contributed by atoms with Gasteiger partial charge in [0.15, 0.2) is 5.13 Å². The zero-order chi connectivity index (χ0) is 10.6. The number of carbonyl (C=O) groups excluding carboxylic acids is 2. The standard InChI is InChI=1S/C8H10N2O3S/c1-3-13-7(12)6(11)10-8-9-4-5(2)14-8/h4H,3H2,1-2H3,(H,9,10,11). The predicted octanol–water partition coefficient (Wildman–Crippen LogP) is 0.953. The maximum absolute atomic E-state index is 11.1. The lowest BCUT2D eigenvalue weighted by atomic mass is 10.6. The Morgan fingerprint density at radius 1 is 1.64 bits per heavy atom. The Labute approximate surface area is 85.1 Å². The van der Waals surface area contributed by atoms with Gasteiger partial charge < -0.3 is 4.74 Å². The topological polar surface area (TPSA) is 68.3 Å². The van der Waals surface area contributed by atoms with E-state index in [1.54, 1.807) is 13.1 Å². The van der Waals surface area contributed by atoms with Crippen molar-refractivity contribution in [1.82, 2.24) is 4.98 Å². The Bertz CT molecular complexity index is 348. The molecule has 0 unspecified atom stereocenters. The van der Waals surface area contributed by atoms with Gasteiger partial charge >= 0.3 is 11.9 Å². The second-order valence-electron chi connectivity index (χ2n) is 2.45. The average molecular weight is 214 g/mol. The van der Waals surface area contributed by atoms with E-state index < -0.39 is 11.9 Å². The van der Waals surface area contributed by atoms with Gasteiger partial charge in [-0.2, -0.15) is 0 Å². The second-order valence-corrected chi connectivity index (χ2v) is 3.69. The maximum atomic E-state index is 11.1. The Morgan fingerprint density at radius 3 is 2.86 bits per heavy atom. The molecule has 1 heterocycles. The Kier molecular flexibility index (Phi) is 3.58. The first-order valence-electron chi connectivity index (χ1n) is 4.04. The number of rotatable bonds is 2. The van der Waals surface area contributed by atoms with Crippen LogP contribution >= 0.6 is 11.3 Å². The molecule has 0 fully saturated rings. The molecule has 5 nitrogen and oxygen atoms in total. The van der Waals surface area contributed by atoms with Crippen LogP contribution in [0.4, 0.5) is 5.13 Å². The first kappa shape index (κ1) is 10.6. The van der Waals surface area contributed by atoms with Gasteiger partial charge in [0.2, 0.25) is 0 Å². The number of hydrogen-bond acceptors (Lipinski definition) is 5. The van der Waals surface area contributed by atoms with Crippen molar-refractivity contribution >= 4 is 28.3 Å². The van der Waals surface area contributed by atoms with Gasteiger partial charge in [0.1, 0.15) is 0 Å². The molecule has 1 amide bonds. The van der Waals surface area contributed by atoms with Gasteiger partial charge in [0, 0.05) is 11.1 Å². The number of hydrogen-bond donors (Lipinski definition) is 1. The Hall–Kier alpha value is -1.43. The number of nitrogens with one attached hydrogen (secondary N) is 1. The number of amides is 1. The van der Waals surface area contributed by atoms with E-state index in [4.69, 9.17) is 0 Å². The molecule has 0 aliphatic heterocycles. The highest BCUT2D eigenvalue weighted by Gasteiger charge is 2.15. The number of anilines is 1. The molecule has 0 aromatic carbocycles. The molecule has 0 atom stereocenters. The molecule has 6 heteroatoms. The van der Waals surface area contributed by atoms with E-state index in [2.05, 4.69) is 15.0 Å². The minimum atomic E-state index is -0.889. The number of nitrogens with zero attached hydrogens (tertiary/aromatic N) is 1. The highest BCUT2D eigenvalue weighted by molar-refractivity contribution is 7.15. The number of carbonyl (C=O) groups is 2. The normalized spacial score (nSPS) is 9.57. The van der Waals surface area contributed by atoms with E-state index >= 15 is 0 Å². The van der Waals surface area contributed by atoms with Crippen LogP contribution in [0.25, 0.3) is 0 Å². The van der Waals surface area contributed by atoms with Gasteiger partial charge in [-0.3, -0.25) is 10.1 Å². The third kappa shape index (κ3) is 2.81. The molecule has 1 rings (SSSR count). The van der Waals surface area contributed by atoms with Crippen LogP contribution in [0.15, 0.2) is 6.20 Å². The molecule has 0 saturated heterocycles. The maximum Gasteiger partial charge on any atom is 0.397 e. The van der Waals surface area contributed by atoms with Crippen molar-refractivity contribution in [3.05, 3.63) is 11.1 Å². The van der Waals surface area contributed by atoms with Crippen molar-refractivity contribution in [2.24, 2.45) is 0 Å². The van der Waals surface area contributed by atoms with E-state index in [1.165, 1.54) is 11.3 Å². The summed E-state index contributed by atoms with van der Waals surface area (Å²) in [5, 5.41) is 2.74.